The van der Waals surface area contributed by atoms with Crippen molar-refractivity contribution in [1.82, 2.24) is 10.6 Å². The molecule has 76 valence electrons. The van der Waals surface area contributed by atoms with Crippen molar-refractivity contribution in [3.8, 4) is 0 Å². The largest absolute Gasteiger partial charge is 0.469 e. The number of nitrogens with one attached hydrogen (secondary N) is 2. The second kappa shape index (κ2) is 6.28. The highest BCUT2D eigenvalue weighted by Gasteiger charge is 2.13. The van der Waals surface area contributed by atoms with Crippen LogP contribution in [0.2, 0.25) is 0 Å². The van der Waals surface area contributed by atoms with Crippen molar-refractivity contribution >= 4 is 12.0 Å². The number of amides is 2. The molecule has 0 aromatic carbocycles. The fourth-order valence-corrected chi connectivity index (χ4v) is 0.840. The average molecular weight is 188 g/mol. The van der Waals surface area contributed by atoms with Crippen LogP contribution in [0.3, 0.4) is 0 Å². The van der Waals surface area contributed by atoms with E-state index in [1.165, 1.54) is 14.2 Å². The Morgan fingerprint density at radius 3 is 2.46 bits per heavy atom. The fourth-order valence-electron chi connectivity index (χ4n) is 0.840. The fraction of sp³-hybridized carbons (Fsp3) is 0.750. The third-order valence-electron chi connectivity index (χ3n) is 1.70. The van der Waals surface area contributed by atoms with Gasteiger partial charge in [0.1, 0.15) is 0 Å². The molecular weight excluding hydrogens is 172 g/mol. The van der Waals surface area contributed by atoms with Gasteiger partial charge >= 0.3 is 12.0 Å². The van der Waals surface area contributed by atoms with Gasteiger partial charge in [0, 0.05) is 13.1 Å². The molecule has 0 saturated heterocycles. The molecule has 0 bridgehead atoms. The van der Waals surface area contributed by atoms with Crippen LogP contribution in [-0.2, 0) is 9.53 Å². The Kier molecular flexibility index (Phi) is 5.67. The van der Waals surface area contributed by atoms with Gasteiger partial charge in [-0.1, -0.05) is 6.92 Å². The molecule has 0 radical (unpaired) electrons. The zero-order valence-corrected chi connectivity index (χ0v) is 8.22. The zero-order chi connectivity index (χ0) is 10.3. The van der Waals surface area contributed by atoms with E-state index < -0.39 is 0 Å². The monoisotopic (exact) mass is 188 g/mol. The van der Waals surface area contributed by atoms with Gasteiger partial charge in [-0.3, -0.25) is 4.79 Å². The normalized spacial score (nSPS) is 11.6. The summed E-state index contributed by atoms with van der Waals surface area (Å²) in [4.78, 5) is 21.7. The van der Waals surface area contributed by atoms with E-state index in [-0.39, 0.29) is 24.5 Å². The summed E-state index contributed by atoms with van der Waals surface area (Å²) in [6.07, 6.45) is 0.906. The Morgan fingerprint density at radius 1 is 1.46 bits per heavy atom. The minimum absolute atomic E-state index is 0.160. The van der Waals surface area contributed by atoms with E-state index in [2.05, 4.69) is 15.4 Å². The summed E-state index contributed by atoms with van der Waals surface area (Å²) < 4.78 is 4.49. The summed E-state index contributed by atoms with van der Waals surface area (Å²) in [5.41, 5.74) is 0. The molecule has 0 saturated carbocycles. The van der Waals surface area contributed by atoms with E-state index in [9.17, 15) is 9.59 Å². The van der Waals surface area contributed by atoms with Crippen molar-refractivity contribution in [3.05, 3.63) is 0 Å². The van der Waals surface area contributed by atoms with Gasteiger partial charge in [0.2, 0.25) is 0 Å². The third kappa shape index (κ3) is 5.05. The summed E-state index contributed by atoms with van der Waals surface area (Å²) in [5.74, 6) is -0.316. The summed E-state index contributed by atoms with van der Waals surface area (Å²) in [6, 6.07) is -0.442. The molecule has 5 nitrogen and oxygen atoms in total. The quantitative estimate of drug-likeness (QED) is 0.622. The standard InChI is InChI=1S/C8H16N2O3/c1-4-6(5-7(11)13-3)10-8(12)9-2/h6H,4-5H2,1-3H3,(H2,9,10,12). The van der Waals surface area contributed by atoms with Crippen molar-refractivity contribution in [3.63, 3.8) is 0 Å². The summed E-state index contributed by atoms with van der Waals surface area (Å²) >= 11 is 0. The first-order valence-corrected chi connectivity index (χ1v) is 4.19. The molecule has 0 heterocycles. The second-order valence-electron chi connectivity index (χ2n) is 2.61. The molecule has 0 aliphatic heterocycles. The van der Waals surface area contributed by atoms with Crippen LogP contribution in [0.4, 0.5) is 4.79 Å². The lowest BCUT2D eigenvalue weighted by molar-refractivity contribution is -0.141. The van der Waals surface area contributed by atoms with Gasteiger partial charge < -0.3 is 15.4 Å². The number of hydrogen-bond acceptors (Lipinski definition) is 3. The predicted molar refractivity (Wildman–Crippen MR) is 48.3 cm³/mol. The molecule has 0 aromatic heterocycles. The van der Waals surface area contributed by atoms with Gasteiger partial charge in [0.05, 0.1) is 13.5 Å². The van der Waals surface area contributed by atoms with Crippen LogP contribution in [0.1, 0.15) is 19.8 Å². The second-order valence-corrected chi connectivity index (χ2v) is 2.61. The number of methoxy groups -OCH3 is 1. The van der Waals surface area contributed by atoms with Crippen LogP contribution in [-0.4, -0.2) is 32.2 Å². The number of ether oxygens (including phenoxy) is 1. The van der Waals surface area contributed by atoms with E-state index in [0.717, 1.165) is 0 Å². The third-order valence-corrected chi connectivity index (χ3v) is 1.70. The Balaban J connectivity index is 3.89. The first kappa shape index (κ1) is 11.7. The topological polar surface area (TPSA) is 67.4 Å². The molecule has 0 aromatic rings. The van der Waals surface area contributed by atoms with E-state index in [1.54, 1.807) is 0 Å². The molecule has 2 N–H and O–H groups in total. The SMILES string of the molecule is CCC(CC(=O)OC)NC(=O)NC. The molecule has 13 heavy (non-hydrogen) atoms. The number of carbonyl (C=O) groups excluding carboxylic acids is 2. The smallest absolute Gasteiger partial charge is 0.314 e. The van der Waals surface area contributed by atoms with Crippen molar-refractivity contribution in [2.75, 3.05) is 14.2 Å². The van der Waals surface area contributed by atoms with Gasteiger partial charge in [0.15, 0.2) is 0 Å². The molecular formula is C8H16N2O3. The van der Waals surface area contributed by atoms with Gasteiger partial charge in [-0.05, 0) is 6.42 Å². The van der Waals surface area contributed by atoms with Crippen molar-refractivity contribution in [2.24, 2.45) is 0 Å². The molecule has 0 rings (SSSR count). The number of esters is 1. The number of hydrogen-bond donors (Lipinski definition) is 2. The van der Waals surface area contributed by atoms with E-state index in [0.29, 0.717) is 6.42 Å². The Morgan fingerprint density at radius 2 is 2.08 bits per heavy atom. The molecule has 1 atom stereocenters. The summed E-state index contributed by atoms with van der Waals surface area (Å²) in [6.45, 7) is 1.89. The van der Waals surface area contributed by atoms with Crippen LogP contribution in [0, 0.1) is 0 Å². The summed E-state index contributed by atoms with van der Waals surface area (Å²) in [5, 5.41) is 5.05. The van der Waals surface area contributed by atoms with Gasteiger partial charge in [-0.25, -0.2) is 4.79 Å². The lowest BCUT2D eigenvalue weighted by Gasteiger charge is -2.14. The lowest BCUT2D eigenvalue weighted by Crippen LogP contribution is -2.41. The maximum Gasteiger partial charge on any atom is 0.314 e. The number of carbonyl (C=O) groups is 2. The van der Waals surface area contributed by atoms with Crippen molar-refractivity contribution in [2.45, 2.75) is 25.8 Å². The molecule has 0 fully saturated rings. The highest BCUT2D eigenvalue weighted by molar-refractivity contribution is 5.75. The summed E-state index contributed by atoms with van der Waals surface area (Å²) in [7, 11) is 2.86. The Hall–Kier alpha value is -1.26. The van der Waals surface area contributed by atoms with Crippen LogP contribution in [0.5, 0.6) is 0 Å². The number of rotatable bonds is 4. The van der Waals surface area contributed by atoms with E-state index in [1.807, 2.05) is 6.92 Å². The maximum atomic E-state index is 10.9. The van der Waals surface area contributed by atoms with Gasteiger partial charge in [0.25, 0.3) is 0 Å². The first-order valence-electron chi connectivity index (χ1n) is 4.19. The maximum absolute atomic E-state index is 10.9. The molecule has 0 spiro atoms. The average Bonchev–Trinajstić information content (AvgIpc) is 2.16. The predicted octanol–water partition coefficient (Wildman–Crippen LogP) is 0.257. The number of urea groups is 1. The molecule has 5 heteroatoms. The van der Waals surface area contributed by atoms with Crippen molar-refractivity contribution in [1.29, 1.82) is 0 Å². The van der Waals surface area contributed by atoms with Crippen LogP contribution >= 0.6 is 0 Å². The molecule has 0 aliphatic carbocycles. The Bertz CT molecular complexity index is 164. The van der Waals surface area contributed by atoms with Gasteiger partial charge in [-0.2, -0.15) is 0 Å². The van der Waals surface area contributed by atoms with Crippen molar-refractivity contribution < 1.29 is 14.3 Å². The lowest BCUT2D eigenvalue weighted by atomic mass is 10.1. The van der Waals surface area contributed by atoms with Crippen LogP contribution in [0.15, 0.2) is 0 Å². The molecule has 1 unspecified atom stereocenters. The van der Waals surface area contributed by atoms with E-state index >= 15 is 0 Å². The van der Waals surface area contributed by atoms with Gasteiger partial charge in [-0.15, -0.1) is 0 Å². The Labute approximate surface area is 77.8 Å². The zero-order valence-electron chi connectivity index (χ0n) is 8.22. The van der Waals surface area contributed by atoms with E-state index in [4.69, 9.17) is 0 Å². The highest BCUT2D eigenvalue weighted by Crippen LogP contribution is 1.98. The molecule has 2 amide bonds. The first-order chi connectivity index (χ1) is 6.13. The minimum Gasteiger partial charge on any atom is -0.469 e. The minimum atomic E-state index is -0.316. The highest BCUT2D eigenvalue weighted by atomic mass is 16.5. The van der Waals surface area contributed by atoms with Crippen LogP contribution in [0.25, 0.3) is 0 Å². The van der Waals surface area contributed by atoms with Crippen LogP contribution < -0.4 is 10.6 Å². The molecule has 0 aliphatic rings.